The molecule has 1 heterocycles. The molecule has 9 nitrogen and oxygen atoms in total. The summed E-state index contributed by atoms with van der Waals surface area (Å²) >= 11 is 4.09. The van der Waals surface area contributed by atoms with Crippen molar-refractivity contribution in [2.24, 2.45) is 0 Å². The molecule has 0 aliphatic carbocycles. The van der Waals surface area contributed by atoms with Gasteiger partial charge in [0.2, 0.25) is 5.88 Å². The quantitative estimate of drug-likeness (QED) is 0.306. The van der Waals surface area contributed by atoms with Crippen LogP contribution in [0.4, 0.5) is 11.6 Å². The summed E-state index contributed by atoms with van der Waals surface area (Å²) in [5.41, 5.74) is 1.31. The third kappa shape index (κ3) is 4.85. The van der Waals surface area contributed by atoms with E-state index in [1.165, 1.54) is 24.3 Å². The smallest absolute Gasteiger partial charge is 0.269 e. The second-order valence-corrected chi connectivity index (χ2v) is 7.80. The molecule has 1 amide bonds. The normalized spacial score (nSPS) is 12.0. The molecule has 0 radical (unpaired) electrons. The monoisotopic (exact) mass is 421 g/mol. The second kappa shape index (κ2) is 8.81. The molecule has 2 rings (SSSR count). The molecule has 1 aromatic heterocycles. The zero-order valence-electron chi connectivity index (χ0n) is 15.4. The number of nitrogens with zero attached hydrogens (tertiary/aromatic N) is 2. The van der Waals surface area contributed by atoms with E-state index in [9.17, 15) is 13.2 Å². The van der Waals surface area contributed by atoms with Crippen LogP contribution in [-0.2, 0) is 14.8 Å². The van der Waals surface area contributed by atoms with Crippen LogP contribution in [0.2, 0.25) is 0 Å². The zero-order valence-corrected chi connectivity index (χ0v) is 17.1. The van der Waals surface area contributed by atoms with E-state index < -0.39 is 15.9 Å². The molecule has 0 aliphatic rings. The van der Waals surface area contributed by atoms with Crippen molar-refractivity contribution in [3.05, 3.63) is 46.1 Å². The molecular weight excluding hydrogens is 402 g/mol. The molecule has 0 saturated carbocycles. The highest BCUT2D eigenvalue weighted by atomic mass is 32.2. The number of rotatable bonds is 7. The first-order chi connectivity index (χ1) is 13.2. The van der Waals surface area contributed by atoms with Crippen LogP contribution < -0.4 is 15.4 Å². The van der Waals surface area contributed by atoms with E-state index in [2.05, 4.69) is 33.1 Å². The highest BCUT2D eigenvalue weighted by Gasteiger charge is 2.19. The number of carbonyl (C=O) groups is 1. The molecule has 0 spiro atoms. The van der Waals surface area contributed by atoms with Gasteiger partial charge in [0.25, 0.3) is 15.9 Å². The van der Waals surface area contributed by atoms with Gasteiger partial charge in [0.15, 0.2) is 0 Å². The molecule has 2 aromatic rings. The Morgan fingerprint density at radius 2 is 1.93 bits per heavy atom. The topological polar surface area (TPSA) is 137 Å². The minimum absolute atomic E-state index is 0.0301. The number of nitriles is 1. The summed E-state index contributed by atoms with van der Waals surface area (Å²) in [4.78, 5) is 12.2. The third-order valence-corrected chi connectivity index (χ3v) is 5.46. The van der Waals surface area contributed by atoms with Gasteiger partial charge in [-0.25, -0.2) is 13.1 Å². The van der Waals surface area contributed by atoms with Crippen molar-refractivity contribution in [2.45, 2.75) is 25.7 Å². The molecule has 0 saturated heterocycles. The van der Waals surface area contributed by atoms with Crippen LogP contribution >= 0.6 is 12.6 Å². The summed E-state index contributed by atoms with van der Waals surface area (Å²) in [7, 11) is -3.89. The summed E-state index contributed by atoms with van der Waals surface area (Å²) in [6.07, 6.45) is 0. The number of hydrogen-bond acceptors (Lipinski definition) is 8. The number of aromatic nitrogens is 1. The predicted octanol–water partition coefficient (Wildman–Crippen LogP) is 2.31. The lowest BCUT2D eigenvalue weighted by Gasteiger charge is -2.09. The number of hydrogen-bond donors (Lipinski definition) is 4. The van der Waals surface area contributed by atoms with E-state index in [1.807, 2.05) is 0 Å². The molecule has 0 fully saturated rings. The predicted molar refractivity (Wildman–Crippen MR) is 107 cm³/mol. The van der Waals surface area contributed by atoms with Gasteiger partial charge in [-0.15, -0.1) is 12.6 Å². The van der Waals surface area contributed by atoms with Crippen LogP contribution in [0.1, 0.15) is 18.2 Å². The fourth-order valence-corrected chi connectivity index (χ4v) is 3.43. The van der Waals surface area contributed by atoms with E-state index in [0.29, 0.717) is 23.5 Å². The number of benzene rings is 1. The Morgan fingerprint density at radius 3 is 2.43 bits per heavy atom. The van der Waals surface area contributed by atoms with Crippen LogP contribution in [0, 0.1) is 25.2 Å². The minimum atomic E-state index is -3.89. The van der Waals surface area contributed by atoms with Gasteiger partial charge in [0, 0.05) is 17.8 Å². The maximum Gasteiger partial charge on any atom is 0.269 e. The van der Waals surface area contributed by atoms with E-state index in [0.717, 1.165) is 0 Å². The van der Waals surface area contributed by atoms with Gasteiger partial charge in [-0.3, -0.25) is 4.79 Å². The zero-order chi connectivity index (χ0) is 20.9. The number of thiol groups is 1. The summed E-state index contributed by atoms with van der Waals surface area (Å²) in [5.74, 6) is -0.613. The minimum Gasteiger partial charge on any atom is -0.379 e. The van der Waals surface area contributed by atoms with E-state index in [4.69, 9.17) is 9.78 Å². The average Bonchev–Trinajstić information content (AvgIpc) is 2.94. The molecule has 28 heavy (non-hydrogen) atoms. The number of amides is 1. The van der Waals surface area contributed by atoms with Gasteiger partial charge in [-0.1, -0.05) is 5.16 Å². The molecule has 0 unspecified atom stereocenters. The Morgan fingerprint density at radius 1 is 1.29 bits per heavy atom. The van der Waals surface area contributed by atoms with Gasteiger partial charge in [0.1, 0.15) is 11.6 Å². The van der Waals surface area contributed by atoms with Crippen LogP contribution in [-0.4, -0.2) is 26.0 Å². The van der Waals surface area contributed by atoms with Gasteiger partial charge >= 0.3 is 0 Å². The molecule has 0 atom stereocenters. The third-order valence-electron chi connectivity index (χ3n) is 3.73. The Hall–Kier alpha value is -2.97. The summed E-state index contributed by atoms with van der Waals surface area (Å²) in [6, 6.07) is 7.23. The molecular formula is C17H19N5O4S2. The fourth-order valence-electron chi connectivity index (χ4n) is 2.07. The average molecular weight is 422 g/mol. The molecule has 11 heteroatoms. The molecule has 3 N–H and O–H groups in total. The Kier molecular flexibility index (Phi) is 6.71. The summed E-state index contributed by atoms with van der Waals surface area (Å²) in [6.45, 7) is 5.69. The van der Waals surface area contributed by atoms with Gasteiger partial charge in [0.05, 0.1) is 15.6 Å². The first kappa shape index (κ1) is 21.3. The number of anilines is 2. The van der Waals surface area contributed by atoms with Gasteiger partial charge in [-0.2, -0.15) is 5.26 Å². The standard InChI is InChI=1S/C17H19N5O4S2/c1-4-19-17(27)14(9-18)15(23)20-12-5-7-13(8-6-12)28(24,25)22-16-10(2)11(3)21-26-16/h5-8,19,22,27H,4H2,1-3H3,(H,20,23)/b17-14+. The van der Waals surface area contributed by atoms with Gasteiger partial charge in [-0.05, 0) is 45.0 Å². The van der Waals surface area contributed by atoms with Crippen LogP contribution in [0.15, 0.2) is 44.3 Å². The first-order valence-electron chi connectivity index (χ1n) is 8.14. The number of sulfonamides is 1. The van der Waals surface area contributed by atoms with Crippen molar-refractivity contribution in [1.82, 2.24) is 10.5 Å². The van der Waals surface area contributed by atoms with Crippen molar-refractivity contribution in [3.8, 4) is 6.07 Å². The first-order valence-corrected chi connectivity index (χ1v) is 10.1. The van der Waals surface area contributed by atoms with E-state index in [1.54, 1.807) is 26.8 Å². The van der Waals surface area contributed by atoms with Gasteiger partial charge < -0.3 is 15.2 Å². The lowest BCUT2D eigenvalue weighted by molar-refractivity contribution is -0.112. The molecule has 1 aromatic carbocycles. The lowest BCUT2D eigenvalue weighted by Crippen LogP contribution is -2.19. The Bertz CT molecular complexity index is 1050. The van der Waals surface area contributed by atoms with Crippen molar-refractivity contribution in [2.75, 3.05) is 16.6 Å². The second-order valence-electron chi connectivity index (χ2n) is 5.67. The number of aryl methyl sites for hydroxylation is 1. The Balaban J connectivity index is 2.17. The lowest BCUT2D eigenvalue weighted by atomic mass is 10.2. The molecule has 0 bridgehead atoms. The number of nitrogens with one attached hydrogen (secondary N) is 3. The highest BCUT2D eigenvalue weighted by molar-refractivity contribution is 7.92. The van der Waals surface area contributed by atoms with Crippen molar-refractivity contribution in [1.29, 1.82) is 5.26 Å². The largest absolute Gasteiger partial charge is 0.379 e. The maximum absolute atomic E-state index is 12.5. The van der Waals surface area contributed by atoms with Crippen molar-refractivity contribution in [3.63, 3.8) is 0 Å². The van der Waals surface area contributed by atoms with E-state index in [-0.39, 0.29) is 21.4 Å². The SMILES string of the molecule is CCN/C(S)=C(/C#N)C(=O)Nc1ccc(S(=O)(=O)Nc2onc(C)c2C)cc1. The summed E-state index contributed by atoms with van der Waals surface area (Å²) < 4.78 is 32.2. The number of carbonyl (C=O) groups excluding carboxylic acids is 1. The highest BCUT2D eigenvalue weighted by Crippen LogP contribution is 2.22. The van der Waals surface area contributed by atoms with Crippen molar-refractivity contribution >= 4 is 40.1 Å². The van der Waals surface area contributed by atoms with Crippen LogP contribution in [0.25, 0.3) is 0 Å². The van der Waals surface area contributed by atoms with Crippen molar-refractivity contribution < 1.29 is 17.7 Å². The Labute approximate surface area is 168 Å². The molecule has 0 aliphatic heterocycles. The maximum atomic E-state index is 12.5. The molecule has 148 valence electrons. The fraction of sp³-hybridized carbons (Fsp3) is 0.235. The summed E-state index contributed by atoms with van der Waals surface area (Å²) in [5, 5.41) is 18.3. The van der Waals surface area contributed by atoms with Crippen LogP contribution in [0.3, 0.4) is 0 Å². The van der Waals surface area contributed by atoms with Crippen LogP contribution in [0.5, 0.6) is 0 Å². The van der Waals surface area contributed by atoms with E-state index >= 15 is 0 Å².